The minimum atomic E-state index is -4.63. The number of nitrogens with one attached hydrogen (secondary N) is 3. The molecule has 0 radical (unpaired) electrons. The molecule has 0 spiro atoms. The van der Waals surface area contributed by atoms with Crippen LogP contribution in [0.25, 0.3) is 22.8 Å². The van der Waals surface area contributed by atoms with E-state index in [9.17, 15) is 22.8 Å². The van der Waals surface area contributed by atoms with Crippen LogP contribution in [0.4, 0.5) is 18.9 Å². The van der Waals surface area contributed by atoms with Crippen molar-refractivity contribution in [2.24, 2.45) is 5.92 Å². The molecule has 10 nitrogen and oxygen atoms in total. The highest BCUT2D eigenvalue weighted by molar-refractivity contribution is 6.32. The molecule has 3 N–H and O–H groups in total. The molecular weight excluding hydrogens is 563 g/mol. The van der Waals surface area contributed by atoms with E-state index in [2.05, 4.69) is 37.5 Å². The monoisotopic (exact) mass is 585 g/mol. The highest BCUT2D eigenvalue weighted by Crippen LogP contribution is 2.54. The molecule has 0 unspecified atom stereocenters. The van der Waals surface area contributed by atoms with E-state index < -0.39 is 30.5 Å². The van der Waals surface area contributed by atoms with Gasteiger partial charge in [-0.2, -0.15) is 18.3 Å². The van der Waals surface area contributed by atoms with Gasteiger partial charge in [-0.15, -0.1) is 5.10 Å². The van der Waals surface area contributed by atoms with Crippen LogP contribution < -0.4 is 15.4 Å². The first kappa shape index (κ1) is 26.8. The number of hydrogen-bond acceptors (Lipinski definition) is 6. The van der Waals surface area contributed by atoms with Crippen molar-refractivity contribution in [1.29, 1.82) is 0 Å². The summed E-state index contributed by atoms with van der Waals surface area (Å²) < 4.78 is 44.3. The fourth-order valence-corrected chi connectivity index (χ4v) is 5.15. The molecule has 4 aromatic rings. The van der Waals surface area contributed by atoms with Gasteiger partial charge in [0.2, 0.25) is 5.88 Å². The van der Waals surface area contributed by atoms with Crippen LogP contribution in [0.3, 0.4) is 0 Å². The van der Waals surface area contributed by atoms with Crippen LogP contribution in [0.2, 0.25) is 5.02 Å². The number of ether oxygens (including phenoxy) is 1. The number of aromatic amines is 1. The van der Waals surface area contributed by atoms with E-state index >= 15 is 0 Å². The first-order valence-corrected chi connectivity index (χ1v) is 13.1. The molecule has 212 valence electrons. The zero-order valence-corrected chi connectivity index (χ0v) is 22.1. The SMILES string of the molecule is C=Cc1cc2cn[nH]c2c(C(=O)NC2(C3CC3)CC2)c1NC(=O)c1cc(OCC(F)(F)F)nn1-c1ncccc1Cl. The molecule has 3 heterocycles. The number of pyridine rings is 1. The van der Waals surface area contributed by atoms with E-state index in [1.54, 1.807) is 18.3 Å². The van der Waals surface area contributed by atoms with Gasteiger partial charge in [-0.1, -0.05) is 24.3 Å². The summed E-state index contributed by atoms with van der Waals surface area (Å²) in [4.78, 5) is 31.6. The minimum absolute atomic E-state index is 0.00721. The number of rotatable bonds is 9. The van der Waals surface area contributed by atoms with Gasteiger partial charge in [-0.25, -0.2) is 9.67 Å². The fraction of sp³-hybridized carbons (Fsp3) is 0.296. The third kappa shape index (κ3) is 5.24. The molecule has 2 aliphatic rings. The second kappa shape index (κ2) is 9.91. The van der Waals surface area contributed by atoms with E-state index in [1.165, 1.54) is 18.3 Å². The Bertz CT molecular complexity index is 1690. The van der Waals surface area contributed by atoms with Crippen LogP contribution in [0, 0.1) is 5.92 Å². The lowest BCUT2D eigenvalue weighted by Gasteiger charge is -2.20. The Morgan fingerprint density at radius 3 is 2.71 bits per heavy atom. The maximum Gasteiger partial charge on any atom is 0.422 e. The summed E-state index contributed by atoms with van der Waals surface area (Å²) in [5.41, 5.74) is 0.655. The smallest absolute Gasteiger partial charge is 0.422 e. The molecule has 2 aliphatic carbocycles. The number of carbonyl (C=O) groups is 2. The molecule has 2 saturated carbocycles. The van der Waals surface area contributed by atoms with Crippen LogP contribution in [-0.4, -0.2) is 55.1 Å². The van der Waals surface area contributed by atoms with Crippen molar-refractivity contribution in [2.75, 3.05) is 11.9 Å². The van der Waals surface area contributed by atoms with Crippen molar-refractivity contribution < 1.29 is 27.5 Å². The topological polar surface area (TPSA) is 127 Å². The second-order valence-corrected chi connectivity index (χ2v) is 10.5. The molecule has 0 aliphatic heterocycles. The summed E-state index contributed by atoms with van der Waals surface area (Å²) in [7, 11) is 0. The molecule has 3 aromatic heterocycles. The van der Waals surface area contributed by atoms with E-state index in [0.29, 0.717) is 22.4 Å². The normalized spacial score (nSPS) is 15.9. The lowest BCUT2D eigenvalue weighted by Crippen LogP contribution is -2.39. The average molecular weight is 586 g/mol. The van der Waals surface area contributed by atoms with Gasteiger partial charge >= 0.3 is 6.18 Å². The first-order valence-electron chi connectivity index (χ1n) is 12.8. The molecule has 6 rings (SSSR count). The van der Waals surface area contributed by atoms with E-state index in [1.807, 2.05) is 0 Å². The third-order valence-electron chi connectivity index (χ3n) is 7.21. The number of anilines is 1. The predicted molar refractivity (Wildman–Crippen MR) is 144 cm³/mol. The summed E-state index contributed by atoms with van der Waals surface area (Å²) in [5.74, 6) is -1.25. The highest BCUT2D eigenvalue weighted by atomic mass is 35.5. The largest absolute Gasteiger partial charge is 0.467 e. The molecule has 0 bridgehead atoms. The number of alkyl halides is 3. The van der Waals surface area contributed by atoms with Crippen molar-refractivity contribution in [1.82, 2.24) is 30.3 Å². The zero-order chi connectivity index (χ0) is 28.9. The summed E-state index contributed by atoms with van der Waals surface area (Å²) in [6.07, 6.45) is 3.65. The average Bonchev–Trinajstić information content (AvgIpc) is 3.84. The van der Waals surface area contributed by atoms with Crippen LogP contribution in [0.15, 0.2) is 43.2 Å². The molecule has 0 atom stereocenters. The Balaban J connectivity index is 1.41. The summed E-state index contributed by atoms with van der Waals surface area (Å²) >= 11 is 6.27. The molecule has 14 heteroatoms. The standard InChI is InChI=1S/C27H23ClF3N7O3/c1-2-14-10-15-12-33-36-22(15)20(25(40)35-26(7-8-26)16-5-6-16)21(14)34-24(39)18-11-19(41-13-27(29,30)31)37-38(18)23-17(28)4-3-9-32-23/h2-4,9-12,16H,1,5-8,13H2,(H,33,36)(H,34,39)(H,35,40). The zero-order valence-electron chi connectivity index (χ0n) is 21.4. The second-order valence-electron chi connectivity index (χ2n) is 10.1. The summed E-state index contributed by atoms with van der Waals surface area (Å²) in [6, 6.07) is 5.78. The first-order chi connectivity index (χ1) is 19.6. The fourth-order valence-electron chi connectivity index (χ4n) is 4.95. The maximum absolute atomic E-state index is 13.8. The third-order valence-corrected chi connectivity index (χ3v) is 7.50. The predicted octanol–water partition coefficient (Wildman–Crippen LogP) is 5.31. The molecule has 2 fully saturated rings. The lowest BCUT2D eigenvalue weighted by atomic mass is 10.0. The molecule has 0 saturated heterocycles. The van der Waals surface area contributed by atoms with E-state index in [-0.39, 0.29) is 33.3 Å². The van der Waals surface area contributed by atoms with Gasteiger partial charge < -0.3 is 15.4 Å². The van der Waals surface area contributed by atoms with Gasteiger partial charge in [0.25, 0.3) is 11.8 Å². The van der Waals surface area contributed by atoms with Crippen LogP contribution >= 0.6 is 11.6 Å². The molecule has 1 aromatic carbocycles. The number of fused-ring (bicyclic) bond motifs is 1. The van der Waals surface area contributed by atoms with Crippen LogP contribution in [0.5, 0.6) is 5.88 Å². The number of benzene rings is 1. The Morgan fingerprint density at radius 2 is 2.05 bits per heavy atom. The van der Waals surface area contributed by atoms with Crippen molar-refractivity contribution in [3.63, 3.8) is 0 Å². The number of aromatic nitrogens is 5. The number of H-pyrrole nitrogens is 1. The molecule has 41 heavy (non-hydrogen) atoms. The van der Waals surface area contributed by atoms with Gasteiger partial charge in [-0.05, 0) is 55.4 Å². The Hall–Kier alpha value is -4.39. The van der Waals surface area contributed by atoms with Gasteiger partial charge in [0, 0.05) is 23.2 Å². The van der Waals surface area contributed by atoms with Gasteiger partial charge in [-0.3, -0.25) is 14.7 Å². The van der Waals surface area contributed by atoms with Crippen molar-refractivity contribution in [3.05, 3.63) is 65.1 Å². The molecular formula is C27H23ClF3N7O3. The summed E-state index contributed by atoms with van der Waals surface area (Å²) in [6.45, 7) is 2.21. The van der Waals surface area contributed by atoms with Crippen LogP contribution in [-0.2, 0) is 0 Å². The van der Waals surface area contributed by atoms with Crippen molar-refractivity contribution in [3.8, 4) is 11.7 Å². The van der Waals surface area contributed by atoms with E-state index in [4.69, 9.17) is 16.3 Å². The van der Waals surface area contributed by atoms with Crippen LogP contribution in [0.1, 0.15) is 52.1 Å². The van der Waals surface area contributed by atoms with Crippen molar-refractivity contribution in [2.45, 2.75) is 37.4 Å². The van der Waals surface area contributed by atoms with E-state index in [0.717, 1.165) is 36.4 Å². The van der Waals surface area contributed by atoms with Gasteiger partial charge in [0.1, 0.15) is 5.69 Å². The quantitative estimate of drug-likeness (QED) is 0.244. The van der Waals surface area contributed by atoms with Gasteiger partial charge in [0.15, 0.2) is 12.4 Å². The van der Waals surface area contributed by atoms with Gasteiger partial charge in [0.05, 0.1) is 28.0 Å². The maximum atomic E-state index is 13.8. The Morgan fingerprint density at radius 1 is 1.27 bits per heavy atom. The number of nitrogens with zero attached hydrogens (tertiary/aromatic N) is 4. The number of hydrogen-bond donors (Lipinski definition) is 3. The summed E-state index contributed by atoms with van der Waals surface area (Å²) in [5, 5.41) is 17.5. The Kier molecular flexibility index (Phi) is 6.48. The van der Waals surface area contributed by atoms with Crippen molar-refractivity contribution >= 4 is 46.1 Å². The highest BCUT2D eigenvalue weighted by Gasteiger charge is 2.55. The minimum Gasteiger partial charge on any atom is -0.467 e. The number of carbonyl (C=O) groups excluding carboxylic acids is 2. The molecule has 2 amide bonds. The Labute approximate surface area is 235 Å². The number of amides is 2. The lowest BCUT2D eigenvalue weighted by molar-refractivity contribution is -0.154. The number of halogens is 4.